The van der Waals surface area contributed by atoms with Gasteiger partial charge in [0.25, 0.3) is 0 Å². The van der Waals surface area contributed by atoms with Gasteiger partial charge in [0.05, 0.1) is 0 Å². The lowest BCUT2D eigenvalue weighted by molar-refractivity contribution is 0.0645. The first kappa shape index (κ1) is 15.8. The van der Waals surface area contributed by atoms with E-state index in [2.05, 4.69) is 89.1 Å². The Bertz CT molecular complexity index is 385. The van der Waals surface area contributed by atoms with E-state index in [0.717, 1.165) is 12.8 Å². The van der Waals surface area contributed by atoms with Crippen LogP contribution < -0.4 is 0 Å². The molecule has 0 radical (unpaired) electrons. The maximum absolute atomic E-state index is 2.51. The van der Waals surface area contributed by atoms with Crippen LogP contribution in [0.3, 0.4) is 0 Å². The minimum Gasteiger partial charge on any atom is -0.367 e. The first-order valence-electron chi connectivity index (χ1n) is 7.36. The molecule has 0 bridgehead atoms. The smallest absolute Gasteiger partial charge is 0.0343 e. The second-order valence-electron chi connectivity index (χ2n) is 6.43. The zero-order chi connectivity index (χ0) is 14.5. The summed E-state index contributed by atoms with van der Waals surface area (Å²) in [5.74, 6) is 0. The summed E-state index contributed by atoms with van der Waals surface area (Å²) in [7, 11) is 0. The van der Waals surface area contributed by atoms with Gasteiger partial charge >= 0.3 is 0 Å². The van der Waals surface area contributed by atoms with Crippen LogP contribution in [0, 0.1) is 0 Å². The van der Waals surface area contributed by atoms with E-state index in [-0.39, 0.29) is 11.1 Å². The van der Waals surface area contributed by atoms with E-state index in [1.54, 1.807) is 0 Å². The molecule has 0 spiro atoms. The highest BCUT2D eigenvalue weighted by atomic mass is 15.2. The van der Waals surface area contributed by atoms with Crippen molar-refractivity contribution in [2.75, 3.05) is 0 Å². The predicted molar refractivity (Wildman–Crippen MR) is 86.1 cm³/mol. The molecular weight excluding hydrogens is 230 g/mol. The van der Waals surface area contributed by atoms with Crippen molar-refractivity contribution in [3.8, 4) is 0 Å². The zero-order valence-corrected chi connectivity index (χ0v) is 13.4. The van der Waals surface area contributed by atoms with E-state index < -0.39 is 0 Å². The van der Waals surface area contributed by atoms with Crippen LogP contribution in [0.4, 0.5) is 0 Å². The van der Waals surface area contributed by atoms with E-state index in [1.807, 2.05) is 0 Å². The first-order valence-corrected chi connectivity index (χ1v) is 7.36. The molecule has 1 aromatic rings. The molecule has 0 heterocycles. The van der Waals surface area contributed by atoms with Gasteiger partial charge in [0.2, 0.25) is 0 Å². The summed E-state index contributed by atoms with van der Waals surface area (Å²) in [4.78, 5) is 2.51. The highest BCUT2D eigenvalue weighted by molar-refractivity contribution is 5.48. The molecule has 0 aliphatic heterocycles. The van der Waals surface area contributed by atoms with Crippen molar-refractivity contribution in [3.63, 3.8) is 0 Å². The third kappa shape index (κ3) is 4.12. The van der Waals surface area contributed by atoms with Crippen molar-refractivity contribution in [3.05, 3.63) is 42.1 Å². The van der Waals surface area contributed by atoms with Gasteiger partial charge in [-0.25, -0.2) is 0 Å². The largest absolute Gasteiger partial charge is 0.367 e. The highest BCUT2D eigenvalue weighted by Gasteiger charge is 2.32. The van der Waals surface area contributed by atoms with Gasteiger partial charge in [0.1, 0.15) is 0 Å². The topological polar surface area (TPSA) is 3.24 Å². The molecule has 106 valence electrons. The predicted octanol–water partition coefficient (Wildman–Crippen LogP) is 5.34. The standard InChI is InChI=1S/C18H29N/c1-7-17(3,4)19(18(5,6)8-2)15-14-16-12-10-9-11-13-16/h9-15H,7-8H2,1-6H3. The molecule has 0 fully saturated rings. The van der Waals surface area contributed by atoms with Gasteiger partial charge in [0, 0.05) is 17.3 Å². The van der Waals surface area contributed by atoms with Crippen LogP contribution in [-0.2, 0) is 0 Å². The van der Waals surface area contributed by atoms with Gasteiger partial charge in [-0.05, 0) is 52.2 Å². The summed E-state index contributed by atoms with van der Waals surface area (Å²) in [6.45, 7) is 13.8. The van der Waals surface area contributed by atoms with Crippen molar-refractivity contribution in [1.82, 2.24) is 4.90 Å². The molecule has 0 N–H and O–H groups in total. The van der Waals surface area contributed by atoms with Crippen molar-refractivity contribution >= 4 is 6.08 Å². The fourth-order valence-corrected chi connectivity index (χ4v) is 2.29. The molecular formula is C18H29N. The number of benzene rings is 1. The average Bonchev–Trinajstić information content (AvgIpc) is 2.39. The first-order chi connectivity index (χ1) is 8.83. The Morgan fingerprint density at radius 1 is 0.895 bits per heavy atom. The molecule has 0 unspecified atom stereocenters. The van der Waals surface area contributed by atoms with Crippen molar-refractivity contribution in [1.29, 1.82) is 0 Å². The van der Waals surface area contributed by atoms with Gasteiger partial charge in [-0.2, -0.15) is 0 Å². The molecule has 0 atom stereocenters. The summed E-state index contributed by atoms with van der Waals surface area (Å²) >= 11 is 0. The summed E-state index contributed by atoms with van der Waals surface area (Å²) < 4.78 is 0. The van der Waals surface area contributed by atoms with Crippen LogP contribution in [0.1, 0.15) is 59.9 Å². The van der Waals surface area contributed by atoms with Crippen LogP contribution >= 0.6 is 0 Å². The SMILES string of the molecule is CCC(C)(C)N(C=Cc1ccccc1)C(C)(C)CC. The third-order valence-corrected chi connectivity index (χ3v) is 4.25. The summed E-state index contributed by atoms with van der Waals surface area (Å²) in [6, 6.07) is 10.5. The minimum absolute atomic E-state index is 0.171. The lowest BCUT2D eigenvalue weighted by Crippen LogP contribution is -2.51. The zero-order valence-electron chi connectivity index (χ0n) is 13.4. The van der Waals surface area contributed by atoms with Gasteiger partial charge in [-0.15, -0.1) is 0 Å². The Kier molecular flexibility index (Phi) is 5.22. The number of hydrogen-bond donors (Lipinski definition) is 0. The van der Waals surface area contributed by atoms with Crippen LogP contribution in [0.25, 0.3) is 6.08 Å². The Labute approximate surface area is 119 Å². The van der Waals surface area contributed by atoms with Crippen molar-refractivity contribution < 1.29 is 0 Å². The van der Waals surface area contributed by atoms with Gasteiger partial charge < -0.3 is 4.90 Å². The summed E-state index contributed by atoms with van der Waals surface area (Å²) in [5.41, 5.74) is 1.60. The van der Waals surface area contributed by atoms with E-state index in [0.29, 0.717) is 0 Å². The Morgan fingerprint density at radius 3 is 1.79 bits per heavy atom. The van der Waals surface area contributed by atoms with Crippen molar-refractivity contribution in [2.24, 2.45) is 0 Å². The maximum atomic E-state index is 2.51. The molecule has 0 saturated heterocycles. The monoisotopic (exact) mass is 259 g/mol. The molecule has 19 heavy (non-hydrogen) atoms. The molecule has 1 rings (SSSR count). The van der Waals surface area contributed by atoms with E-state index in [9.17, 15) is 0 Å². The van der Waals surface area contributed by atoms with Crippen LogP contribution in [-0.4, -0.2) is 16.0 Å². The molecule has 0 amide bonds. The lowest BCUT2D eigenvalue weighted by Gasteiger charge is -2.48. The Hall–Kier alpha value is -1.24. The average molecular weight is 259 g/mol. The fourth-order valence-electron chi connectivity index (χ4n) is 2.29. The van der Waals surface area contributed by atoms with Gasteiger partial charge in [0.15, 0.2) is 0 Å². The molecule has 0 saturated carbocycles. The molecule has 0 aromatic heterocycles. The van der Waals surface area contributed by atoms with Crippen molar-refractivity contribution in [2.45, 2.75) is 65.5 Å². The summed E-state index contributed by atoms with van der Waals surface area (Å²) in [6.07, 6.45) is 6.75. The molecule has 1 nitrogen and oxygen atoms in total. The quantitative estimate of drug-likeness (QED) is 0.667. The normalized spacial score (nSPS) is 12.9. The van der Waals surface area contributed by atoms with E-state index in [1.165, 1.54) is 5.56 Å². The molecule has 0 aliphatic rings. The highest BCUT2D eigenvalue weighted by Crippen LogP contribution is 2.30. The minimum atomic E-state index is 0.171. The maximum Gasteiger partial charge on any atom is 0.0343 e. The molecule has 1 heteroatoms. The van der Waals surface area contributed by atoms with E-state index >= 15 is 0 Å². The van der Waals surface area contributed by atoms with Crippen LogP contribution in [0.15, 0.2) is 36.5 Å². The number of nitrogens with zero attached hydrogens (tertiary/aromatic N) is 1. The number of rotatable bonds is 6. The molecule has 0 aliphatic carbocycles. The Balaban J connectivity index is 3.03. The third-order valence-electron chi connectivity index (χ3n) is 4.25. The van der Waals surface area contributed by atoms with Crippen LogP contribution in [0.5, 0.6) is 0 Å². The second kappa shape index (κ2) is 6.27. The molecule has 1 aromatic carbocycles. The lowest BCUT2D eigenvalue weighted by atomic mass is 9.90. The summed E-state index contributed by atoms with van der Waals surface area (Å²) in [5, 5.41) is 0. The second-order valence-corrected chi connectivity index (χ2v) is 6.43. The number of hydrogen-bond acceptors (Lipinski definition) is 1. The van der Waals surface area contributed by atoms with E-state index in [4.69, 9.17) is 0 Å². The fraction of sp³-hybridized carbons (Fsp3) is 0.556. The van der Waals surface area contributed by atoms with Crippen LogP contribution in [0.2, 0.25) is 0 Å². The Morgan fingerprint density at radius 2 is 1.37 bits per heavy atom. The van der Waals surface area contributed by atoms with Gasteiger partial charge in [-0.1, -0.05) is 44.2 Å². The van der Waals surface area contributed by atoms with Gasteiger partial charge in [-0.3, -0.25) is 0 Å².